The molecule has 166 valence electrons. The summed E-state index contributed by atoms with van der Waals surface area (Å²) in [5, 5.41) is 0.936. The SMILES string of the molecule is CN(c1ncnc2[nH]ccc12)C1CC(CS(=O)(=O)C[C@H]2CC[C@@H](C(F)(F)F)CC2)C1. The molecule has 2 fully saturated rings. The Kier molecular flexibility index (Phi) is 5.71. The number of sulfone groups is 1. The van der Waals surface area contributed by atoms with Crippen LogP contribution >= 0.6 is 0 Å². The summed E-state index contributed by atoms with van der Waals surface area (Å²) in [4.78, 5) is 13.7. The van der Waals surface area contributed by atoms with Gasteiger partial charge in [-0.25, -0.2) is 18.4 Å². The average Bonchev–Trinajstić information content (AvgIpc) is 3.12. The van der Waals surface area contributed by atoms with Crippen LogP contribution in [-0.2, 0) is 9.84 Å². The maximum absolute atomic E-state index is 12.8. The number of rotatable bonds is 6. The molecule has 2 heterocycles. The van der Waals surface area contributed by atoms with E-state index in [1.54, 1.807) is 0 Å². The van der Waals surface area contributed by atoms with Crippen LogP contribution in [0.2, 0.25) is 0 Å². The summed E-state index contributed by atoms with van der Waals surface area (Å²) in [5.41, 5.74) is 0.769. The maximum Gasteiger partial charge on any atom is 0.391 e. The lowest BCUT2D eigenvalue weighted by atomic mass is 9.81. The molecule has 0 aromatic carbocycles. The van der Waals surface area contributed by atoms with Gasteiger partial charge in [-0.05, 0) is 56.4 Å². The second-order valence-corrected chi connectivity index (χ2v) is 11.0. The smallest absolute Gasteiger partial charge is 0.356 e. The monoisotopic (exact) mass is 444 g/mol. The maximum atomic E-state index is 12.8. The highest BCUT2D eigenvalue weighted by atomic mass is 32.2. The molecular weight excluding hydrogens is 417 g/mol. The van der Waals surface area contributed by atoms with E-state index < -0.39 is 21.9 Å². The van der Waals surface area contributed by atoms with Gasteiger partial charge in [-0.3, -0.25) is 0 Å². The minimum Gasteiger partial charge on any atom is -0.356 e. The second kappa shape index (κ2) is 8.01. The highest BCUT2D eigenvalue weighted by molar-refractivity contribution is 7.91. The summed E-state index contributed by atoms with van der Waals surface area (Å²) in [6.45, 7) is 0. The van der Waals surface area contributed by atoms with Gasteiger partial charge in [0, 0.05) is 19.3 Å². The van der Waals surface area contributed by atoms with Crippen LogP contribution in [0.5, 0.6) is 0 Å². The Balaban J connectivity index is 1.27. The van der Waals surface area contributed by atoms with Crippen molar-refractivity contribution in [1.82, 2.24) is 15.0 Å². The predicted octanol–water partition coefficient (Wildman–Crippen LogP) is 3.96. The van der Waals surface area contributed by atoms with Gasteiger partial charge in [0.1, 0.15) is 17.8 Å². The van der Waals surface area contributed by atoms with Crippen LogP contribution in [0.15, 0.2) is 18.6 Å². The summed E-state index contributed by atoms with van der Waals surface area (Å²) < 4.78 is 63.6. The summed E-state index contributed by atoms with van der Waals surface area (Å²) in [6, 6.07) is 2.15. The number of aromatic nitrogens is 3. The van der Waals surface area contributed by atoms with Gasteiger partial charge in [-0.1, -0.05) is 0 Å². The third-order valence-electron chi connectivity index (χ3n) is 6.71. The quantitative estimate of drug-likeness (QED) is 0.730. The minimum absolute atomic E-state index is 0.0183. The molecule has 0 radical (unpaired) electrons. The number of nitrogens with zero attached hydrogens (tertiary/aromatic N) is 3. The third kappa shape index (κ3) is 4.58. The highest BCUT2D eigenvalue weighted by Gasteiger charge is 2.42. The van der Waals surface area contributed by atoms with Gasteiger partial charge in [0.05, 0.1) is 22.8 Å². The van der Waals surface area contributed by atoms with E-state index >= 15 is 0 Å². The number of aromatic amines is 1. The van der Waals surface area contributed by atoms with Crippen molar-refractivity contribution in [3.63, 3.8) is 0 Å². The average molecular weight is 445 g/mol. The number of nitrogens with one attached hydrogen (secondary N) is 1. The number of halogens is 3. The molecule has 2 aliphatic rings. The standard InChI is InChI=1S/C20H27F3N4O2S/c1-27(19-17-6-7-24-18(17)25-12-26-19)16-8-14(9-16)11-30(28,29)10-13-2-4-15(5-3-13)20(21,22)23/h6-7,12-16H,2-5,8-11H2,1H3,(H,24,25,26)/t13-,14?,15+,16?. The van der Waals surface area contributed by atoms with Crippen LogP contribution in [-0.4, -0.2) is 54.1 Å². The van der Waals surface area contributed by atoms with Gasteiger partial charge in [-0.15, -0.1) is 0 Å². The fraction of sp³-hybridized carbons (Fsp3) is 0.700. The molecule has 0 unspecified atom stereocenters. The van der Waals surface area contributed by atoms with Crippen molar-refractivity contribution in [2.24, 2.45) is 17.8 Å². The zero-order valence-corrected chi connectivity index (χ0v) is 17.7. The first-order valence-corrected chi connectivity index (χ1v) is 12.2. The summed E-state index contributed by atoms with van der Waals surface area (Å²) in [6.07, 6.45) is 1.50. The van der Waals surface area contributed by atoms with Gasteiger partial charge in [0.25, 0.3) is 0 Å². The number of alkyl halides is 3. The topological polar surface area (TPSA) is 79.0 Å². The lowest BCUT2D eigenvalue weighted by Gasteiger charge is -2.42. The predicted molar refractivity (Wildman–Crippen MR) is 109 cm³/mol. The van der Waals surface area contributed by atoms with Gasteiger partial charge < -0.3 is 9.88 Å². The first-order valence-electron chi connectivity index (χ1n) is 10.4. The zero-order valence-electron chi connectivity index (χ0n) is 16.9. The number of fused-ring (bicyclic) bond motifs is 1. The molecule has 2 saturated carbocycles. The van der Waals surface area contributed by atoms with Crippen LogP contribution in [0.4, 0.5) is 19.0 Å². The molecule has 0 amide bonds. The van der Waals surface area contributed by atoms with E-state index in [0.717, 1.165) is 29.7 Å². The van der Waals surface area contributed by atoms with Crippen LogP contribution in [0.1, 0.15) is 38.5 Å². The van der Waals surface area contributed by atoms with E-state index in [1.165, 1.54) is 6.33 Å². The molecule has 0 saturated heterocycles. The molecule has 2 aromatic heterocycles. The van der Waals surface area contributed by atoms with E-state index in [-0.39, 0.29) is 42.2 Å². The number of H-pyrrole nitrogens is 1. The van der Waals surface area contributed by atoms with E-state index in [4.69, 9.17) is 0 Å². The van der Waals surface area contributed by atoms with Gasteiger partial charge in [0.15, 0.2) is 9.84 Å². The molecule has 2 aliphatic carbocycles. The third-order valence-corrected chi connectivity index (χ3v) is 8.67. The molecule has 6 nitrogen and oxygen atoms in total. The molecule has 0 atom stereocenters. The fourth-order valence-corrected chi connectivity index (χ4v) is 7.09. The highest BCUT2D eigenvalue weighted by Crippen LogP contribution is 2.40. The van der Waals surface area contributed by atoms with Gasteiger partial charge in [0.2, 0.25) is 0 Å². The molecule has 10 heteroatoms. The molecule has 2 aromatic rings. The summed E-state index contributed by atoms with van der Waals surface area (Å²) in [7, 11) is -1.30. The Hall–Kier alpha value is -1.84. The lowest BCUT2D eigenvalue weighted by molar-refractivity contribution is -0.183. The Bertz CT molecular complexity index is 977. The van der Waals surface area contributed by atoms with Crippen molar-refractivity contribution in [2.75, 3.05) is 23.5 Å². The van der Waals surface area contributed by atoms with Crippen LogP contribution in [0.3, 0.4) is 0 Å². The number of hydrogen-bond acceptors (Lipinski definition) is 5. The van der Waals surface area contributed by atoms with Crippen LogP contribution in [0, 0.1) is 17.8 Å². The Morgan fingerprint density at radius 3 is 2.43 bits per heavy atom. The molecule has 0 spiro atoms. The van der Waals surface area contributed by atoms with Crippen LogP contribution < -0.4 is 4.90 Å². The van der Waals surface area contributed by atoms with E-state index in [9.17, 15) is 21.6 Å². The van der Waals surface area contributed by atoms with E-state index in [1.807, 2.05) is 19.3 Å². The summed E-state index contributed by atoms with van der Waals surface area (Å²) in [5.74, 6) is -0.348. The summed E-state index contributed by atoms with van der Waals surface area (Å²) >= 11 is 0. The normalized spacial score (nSPS) is 27.7. The Morgan fingerprint density at radius 2 is 1.77 bits per heavy atom. The van der Waals surface area contributed by atoms with Crippen molar-refractivity contribution in [2.45, 2.75) is 50.7 Å². The van der Waals surface area contributed by atoms with Gasteiger partial charge >= 0.3 is 6.18 Å². The van der Waals surface area contributed by atoms with E-state index in [2.05, 4.69) is 19.9 Å². The lowest BCUT2D eigenvalue weighted by Crippen LogP contribution is -2.45. The van der Waals surface area contributed by atoms with Crippen molar-refractivity contribution in [3.8, 4) is 0 Å². The molecule has 1 N–H and O–H groups in total. The fourth-order valence-electron chi connectivity index (χ4n) is 4.91. The molecule has 0 aliphatic heterocycles. The zero-order chi connectivity index (χ0) is 21.5. The Labute approximate surface area is 174 Å². The second-order valence-electron chi connectivity index (χ2n) is 8.88. The van der Waals surface area contributed by atoms with Crippen LogP contribution in [0.25, 0.3) is 11.0 Å². The molecule has 0 bridgehead atoms. The molecule has 30 heavy (non-hydrogen) atoms. The minimum atomic E-state index is -4.16. The van der Waals surface area contributed by atoms with Crippen molar-refractivity contribution in [1.29, 1.82) is 0 Å². The first kappa shape index (κ1) is 21.4. The van der Waals surface area contributed by atoms with Gasteiger partial charge in [-0.2, -0.15) is 13.2 Å². The molecular formula is C20H27F3N4O2S. The van der Waals surface area contributed by atoms with E-state index in [0.29, 0.717) is 12.8 Å². The number of anilines is 1. The van der Waals surface area contributed by atoms with Crippen molar-refractivity contribution < 1.29 is 21.6 Å². The Morgan fingerprint density at radius 1 is 1.10 bits per heavy atom. The number of hydrogen-bond donors (Lipinski definition) is 1. The molecule has 4 rings (SSSR count). The van der Waals surface area contributed by atoms with Crippen molar-refractivity contribution >= 4 is 26.7 Å². The van der Waals surface area contributed by atoms with Crippen molar-refractivity contribution in [3.05, 3.63) is 18.6 Å². The largest absolute Gasteiger partial charge is 0.391 e. The first-order chi connectivity index (χ1) is 14.1.